The van der Waals surface area contributed by atoms with Crippen molar-refractivity contribution < 1.29 is 9.47 Å². The van der Waals surface area contributed by atoms with Crippen LogP contribution in [-0.2, 0) is 5.41 Å². The van der Waals surface area contributed by atoms with Crippen molar-refractivity contribution in [1.29, 1.82) is 0 Å². The van der Waals surface area contributed by atoms with Gasteiger partial charge in [0.1, 0.15) is 23.0 Å². The summed E-state index contributed by atoms with van der Waals surface area (Å²) in [4.78, 5) is 0. The van der Waals surface area contributed by atoms with E-state index in [0.29, 0.717) is 23.2 Å². The third-order valence-corrected chi connectivity index (χ3v) is 9.27. The van der Waals surface area contributed by atoms with Gasteiger partial charge in [-0.25, -0.2) is 0 Å². The molecule has 4 aromatic carbocycles. The van der Waals surface area contributed by atoms with Gasteiger partial charge in [-0.15, -0.1) is 0 Å². The van der Waals surface area contributed by atoms with Crippen molar-refractivity contribution in [2.45, 2.75) is 37.5 Å². The molecule has 4 saturated carbocycles. The summed E-state index contributed by atoms with van der Waals surface area (Å²) in [5, 5.41) is 0. The minimum atomic E-state index is -0.247. The molecule has 4 aliphatic carbocycles. The molecule has 0 aliphatic heterocycles. The fraction of sp³-hybridized carbons (Fsp3) is 0.294. The number of nitrogens with two attached hydrogens (primary N) is 2. The van der Waals surface area contributed by atoms with Gasteiger partial charge in [0, 0.05) is 40.0 Å². The molecule has 0 heterocycles. The lowest BCUT2D eigenvalue weighted by Crippen LogP contribution is -2.56. The van der Waals surface area contributed by atoms with E-state index < -0.39 is 0 Å². The number of ether oxygens (including phenoxy) is 2. The van der Waals surface area contributed by atoms with Gasteiger partial charge in [0.05, 0.1) is 0 Å². The second-order valence-electron chi connectivity index (χ2n) is 11.5. The summed E-state index contributed by atoms with van der Waals surface area (Å²) >= 11 is 0. The molecular weight excluding hydrogens is 468 g/mol. The summed E-state index contributed by atoms with van der Waals surface area (Å²) in [6.45, 7) is 0. The number of benzene rings is 4. The number of hydrogen-bond acceptors (Lipinski definition) is 4. The maximum Gasteiger partial charge on any atom is 0.133 e. The molecule has 4 fully saturated rings. The lowest BCUT2D eigenvalue weighted by Gasteiger charge is -2.62. The van der Waals surface area contributed by atoms with Crippen LogP contribution >= 0.6 is 0 Å². The van der Waals surface area contributed by atoms with E-state index in [-0.39, 0.29) is 5.41 Å². The highest BCUT2D eigenvalue weighted by Gasteiger charge is 2.60. The summed E-state index contributed by atoms with van der Waals surface area (Å²) < 4.78 is 13.3. The normalized spacial score (nSPS) is 24.7. The minimum Gasteiger partial charge on any atom is -0.457 e. The maximum atomic E-state index is 6.63. The molecule has 0 aromatic heterocycles. The summed E-state index contributed by atoms with van der Waals surface area (Å²) in [7, 11) is 0. The Balaban J connectivity index is 1.45. The minimum absolute atomic E-state index is 0.247. The molecule has 0 amide bonds. The molecule has 0 saturated heterocycles. The Labute approximate surface area is 224 Å². The number of para-hydroxylation sites is 2. The van der Waals surface area contributed by atoms with Crippen LogP contribution in [0.2, 0.25) is 0 Å². The average molecular weight is 503 g/mol. The van der Waals surface area contributed by atoms with E-state index in [9.17, 15) is 0 Å². The molecule has 0 atom stereocenters. The molecule has 0 unspecified atom stereocenters. The van der Waals surface area contributed by atoms with E-state index >= 15 is 0 Å². The van der Waals surface area contributed by atoms with Crippen molar-refractivity contribution in [3.05, 3.63) is 108 Å². The van der Waals surface area contributed by atoms with Gasteiger partial charge in [0.2, 0.25) is 0 Å². The van der Waals surface area contributed by atoms with Crippen molar-refractivity contribution in [3.63, 3.8) is 0 Å². The number of anilines is 2. The number of nitrogen functional groups attached to an aromatic ring is 2. The Morgan fingerprint density at radius 3 is 1.37 bits per heavy atom. The summed E-state index contributed by atoms with van der Waals surface area (Å²) in [6.07, 6.45) is 6.32. The topological polar surface area (TPSA) is 70.5 Å². The SMILES string of the molecule is Nc1ccc(C2(c3ccc(N)cc3Oc3ccccc3)C3CC4CC(C3)CC2C4)c(Oc2ccccc2)c1. The number of rotatable bonds is 6. The van der Waals surface area contributed by atoms with E-state index in [0.717, 1.165) is 34.8 Å². The van der Waals surface area contributed by atoms with Gasteiger partial charge < -0.3 is 20.9 Å². The summed E-state index contributed by atoms with van der Waals surface area (Å²) in [6, 6.07) is 32.6. The zero-order chi connectivity index (χ0) is 25.7. The van der Waals surface area contributed by atoms with Crippen molar-refractivity contribution in [2.24, 2.45) is 23.7 Å². The van der Waals surface area contributed by atoms with Crippen LogP contribution in [0.1, 0.15) is 43.2 Å². The van der Waals surface area contributed by atoms with Crippen molar-refractivity contribution in [3.8, 4) is 23.0 Å². The van der Waals surface area contributed by atoms with Gasteiger partial charge in [0.25, 0.3) is 0 Å². The van der Waals surface area contributed by atoms with E-state index in [1.165, 1.54) is 43.2 Å². The molecule has 4 N–H and O–H groups in total. The highest BCUT2D eigenvalue weighted by atomic mass is 16.5. The van der Waals surface area contributed by atoms with E-state index in [4.69, 9.17) is 20.9 Å². The van der Waals surface area contributed by atoms with Crippen molar-refractivity contribution in [1.82, 2.24) is 0 Å². The molecule has 192 valence electrons. The highest BCUT2D eigenvalue weighted by molar-refractivity contribution is 5.62. The van der Waals surface area contributed by atoms with Crippen LogP contribution in [-0.4, -0.2) is 0 Å². The van der Waals surface area contributed by atoms with Crippen LogP contribution in [0.5, 0.6) is 23.0 Å². The van der Waals surface area contributed by atoms with Crippen LogP contribution in [0.15, 0.2) is 97.1 Å². The van der Waals surface area contributed by atoms with Crippen LogP contribution < -0.4 is 20.9 Å². The molecule has 38 heavy (non-hydrogen) atoms. The van der Waals surface area contributed by atoms with E-state index in [2.05, 4.69) is 12.1 Å². The van der Waals surface area contributed by atoms with Gasteiger partial charge in [-0.05, 0) is 92.2 Å². The third-order valence-electron chi connectivity index (χ3n) is 9.27. The molecule has 8 rings (SSSR count). The molecular formula is C34H34N2O2. The maximum absolute atomic E-state index is 6.63. The van der Waals surface area contributed by atoms with Gasteiger partial charge >= 0.3 is 0 Å². The molecule has 4 bridgehead atoms. The van der Waals surface area contributed by atoms with Crippen LogP contribution in [0.3, 0.4) is 0 Å². The first kappa shape index (κ1) is 23.2. The predicted molar refractivity (Wildman–Crippen MR) is 153 cm³/mol. The van der Waals surface area contributed by atoms with Crippen LogP contribution in [0.25, 0.3) is 0 Å². The Kier molecular flexibility index (Phi) is 5.57. The monoisotopic (exact) mass is 502 g/mol. The summed E-state index contributed by atoms with van der Waals surface area (Å²) in [5.74, 6) is 5.94. The zero-order valence-corrected chi connectivity index (χ0v) is 21.6. The lowest BCUT2D eigenvalue weighted by molar-refractivity contribution is -0.0431. The Bertz CT molecular complexity index is 1330. The zero-order valence-electron chi connectivity index (χ0n) is 21.6. The standard InChI is InChI=1S/C34H34N2O2/c35-26-11-13-30(32(20-26)37-28-7-3-1-4-8-28)34(24-16-22-15-23(18-24)19-25(34)17-22)31-14-12-27(36)21-33(31)38-29-9-5-2-6-10-29/h1-14,20-25H,15-19,35-36H2. The van der Waals surface area contributed by atoms with E-state index in [1.807, 2.05) is 84.9 Å². The van der Waals surface area contributed by atoms with Gasteiger partial charge in [0.15, 0.2) is 0 Å². The number of hydrogen-bond donors (Lipinski definition) is 2. The van der Waals surface area contributed by atoms with Crippen LogP contribution in [0.4, 0.5) is 11.4 Å². The predicted octanol–water partition coefficient (Wildman–Crippen LogP) is 8.18. The van der Waals surface area contributed by atoms with E-state index in [1.54, 1.807) is 0 Å². The third kappa shape index (κ3) is 3.82. The largest absolute Gasteiger partial charge is 0.457 e. The lowest BCUT2D eigenvalue weighted by atomic mass is 9.42. The highest BCUT2D eigenvalue weighted by Crippen LogP contribution is 2.67. The Morgan fingerprint density at radius 1 is 0.526 bits per heavy atom. The van der Waals surface area contributed by atoms with Gasteiger partial charge in [-0.3, -0.25) is 0 Å². The molecule has 0 radical (unpaired) electrons. The molecule has 4 aromatic rings. The molecule has 0 spiro atoms. The quantitative estimate of drug-likeness (QED) is 0.261. The smallest absolute Gasteiger partial charge is 0.133 e. The fourth-order valence-electron chi connectivity index (χ4n) is 8.11. The average Bonchev–Trinajstić information content (AvgIpc) is 2.91. The van der Waals surface area contributed by atoms with Crippen LogP contribution in [0, 0.1) is 23.7 Å². The molecule has 4 nitrogen and oxygen atoms in total. The first-order valence-corrected chi connectivity index (χ1v) is 13.9. The first-order chi connectivity index (χ1) is 18.6. The Morgan fingerprint density at radius 2 is 0.947 bits per heavy atom. The second kappa shape index (κ2) is 9.13. The molecule has 4 aliphatic rings. The fourth-order valence-corrected chi connectivity index (χ4v) is 8.11. The Hall–Kier alpha value is -3.92. The van der Waals surface area contributed by atoms with Gasteiger partial charge in [-0.1, -0.05) is 48.5 Å². The first-order valence-electron chi connectivity index (χ1n) is 13.9. The summed E-state index contributed by atoms with van der Waals surface area (Å²) in [5.41, 5.74) is 16.3. The van der Waals surface area contributed by atoms with Crippen molar-refractivity contribution in [2.75, 3.05) is 11.5 Å². The van der Waals surface area contributed by atoms with Gasteiger partial charge in [-0.2, -0.15) is 0 Å². The van der Waals surface area contributed by atoms with Crippen molar-refractivity contribution >= 4 is 11.4 Å². The second-order valence-corrected chi connectivity index (χ2v) is 11.5. The molecule has 4 heteroatoms.